The third-order valence-electron chi connectivity index (χ3n) is 6.80. The first-order chi connectivity index (χ1) is 17.0. The van der Waals surface area contributed by atoms with Gasteiger partial charge < -0.3 is 14.9 Å². The minimum Gasteiger partial charge on any atom is -0.394 e. The fourth-order valence-corrected chi connectivity index (χ4v) is 4.64. The number of hydrogen-bond donors (Lipinski definition) is 2. The number of carbonyl (C=O) groups excluding carboxylic acids is 1. The van der Waals surface area contributed by atoms with Gasteiger partial charge in [-0.15, -0.1) is 0 Å². The highest BCUT2D eigenvalue weighted by Gasteiger charge is 2.45. The zero-order valence-electron chi connectivity index (χ0n) is 21.2. The summed E-state index contributed by atoms with van der Waals surface area (Å²) < 4.78 is 6.61. The molecule has 1 aromatic heterocycles. The van der Waals surface area contributed by atoms with Crippen molar-refractivity contribution in [2.24, 2.45) is 5.92 Å². The number of nitrogens with zero attached hydrogens (tertiary/aromatic N) is 3. The molecule has 8 nitrogen and oxygen atoms in total. The Morgan fingerprint density at radius 3 is 2.14 bits per heavy atom. The van der Waals surface area contributed by atoms with Crippen LogP contribution >= 0.6 is 0 Å². The summed E-state index contributed by atoms with van der Waals surface area (Å²) in [5, 5.41) is 28.7. The van der Waals surface area contributed by atoms with Crippen molar-refractivity contribution in [1.29, 1.82) is 5.26 Å². The Morgan fingerprint density at radius 2 is 1.63 bits per heavy atom. The van der Waals surface area contributed by atoms with Crippen molar-refractivity contribution in [2.75, 3.05) is 6.61 Å². The van der Waals surface area contributed by atoms with E-state index >= 15 is 0 Å². The van der Waals surface area contributed by atoms with Gasteiger partial charge in [0, 0.05) is 19.0 Å². The predicted octanol–water partition coefficient (Wildman–Crippen LogP) is 4.23. The Bertz CT molecular complexity index is 850. The Labute approximate surface area is 209 Å². The minimum atomic E-state index is -1.19. The lowest BCUT2D eigenvalue weighted by Gasteiger charge is -2.16. The molecule has 0 amide bonds. The van der Waals surface area contributed by atoms with Gasteiger partial charge in [0.15, 0.2) is 6.23 Å². The van der Waals surface area contributed by atoms with Crippen LogP contribution in [0.25, 0.3) is 0 Å². The van der Waals surface area contributed by atoms with Crippen molar-refractivity contribution in [3.8, 4) is 6.07 Å². The highest BCUT2D eigenvalue weighted by Crippen LogP contribution is 2.33. The number of ketones is 1. The molecular formula is C27H43N3O5. The highest BCUT2D eigenvalue weighted by atomic mass is 16.5. The lowest BCUT2D eigenvalue weighted by atomic mass is 10.0. The molecule has 0 radical (unpaired) electrons. The van der Waals surface area contributed by atoms with Gasteiger partial charge in [-0.05, 0) is 12.5 Å². The van der Waals surface area contributed by atoms with Crippen LogP contribution in [0, 0.1) is 17.2 Å². The molecule has 4 atom stereocenters. The Morgan fingerprint density at radius 1 is 1.06 bits per heavy atom. The maximum Gasteiger partial charge on any atom is 0.349 e. The molecule has 1 unspecified atom stereocenters. The number of carbonyl (C=O) groups is 1. The van der Waals surface area contributed by atoms with Crippen molar-refractivity contribution in [3.63, 3.8) is 0 Å². The molecular weight excluding hydrogens is 446 g/mol. The quantitative estimate of drug-likeness (QED) is 0.296. The summed E-state index contributed by atoms with van der Waals surface area (Å²) in [6.07, 6.45) is 15.2. The van der Waals surface area contributed by atoms with Gasteiger partial charge in [0.2, 0.25) is 0 Å². The van der Waals surface area contributed by atoms with Crippen LogP contribution in [0.1, 0.15) is 109 Å². The first kappa shape index (κ1) is 29.2. The second-order valence-electron chi connectivity index (χ2n) is 9.71. The van der Waals surface area contributed by atoms with Crippen molar-refractivity contribution in [1.82, 2.24) is 9.55 Å². The van der Waals surface area contributed by atoms with E-state index < -0.39 is 36.7 Å². The average molecular weight is 490 g/mol. The fourth-order valence-electron chi connectivity index (χ4n) is 4.64. The predicted molar refractivity (Wildman–Crippen MR) is 134 cm³/mol. The molecule has 2 rings (SSSR count). The van der Waals surface area contributed by atoms with E-state index in [1.165, 1.54) is 70.4 Å². The fraction of sp³-hybridized carbons (Fsp3) is 0.778. The van der Waals surface area contributed by atoms with E-state index in [-0.39, 0.29) is 12.2 Å². The molecule has 0 spiro atoms. The summed E-state index contributed by atoms with van der Waals surface area (Å²) in [4.78, 5) is 28.7. The van der Waals surface area contributed by atoms with Gasteiger partial charge in [-0.25, -0.2) is 4.79 Å². The minimum absolute atomic E-state index is 0.0560. The third-order valence-corrected chi connectivity index (χ3v) is 6.80. The van der Waals surface area contributed by atoms with Crippen LogP contribution in [-0.4, -0.2) is 44.4 Å². The molecule has 1 saturated heterocycles. The van der Waals surface area contributed by atoms with Crippen molar-refractivity contribution < 1.29 is 19.7 Å². The molecule has 1 aromatic rings. The summed E-state index contributed by atoms with van der Waals surface area (Å²) in [5.41, 5.74) is -0.260. The van der Waals surface area contributed by atoms with Crippen LogP contribution in [0.3, 0.4) is 0 Å². The van der Waals surface area contributed by atoms with Crippen LogP contribution in [-0.2, 0) is 16.0 Å². The molecule has 0 bridgehead atoms. The van der Waals surface area contributed by atoms with Crippen LogP contribution in [0.5, 0.6) is 0 Å². The van der Waals surface area contributed by atoms with Gasteiger partial charge in [-0.3, -0.25) is 9.36 Å². The zero-order valence-corrected chi connectivity index (χ0v) is 21.2. The van der Waals surface area contributed by atoms with Gasteiger partial charge in [0.1, 0.15) is 23.9 Å². The molecule has 0 aliphatic carbocycles. The van der Waals surface area contributed by atoms with Crippen molar-refractivity contribution >= 4 is 5.78 Å². The lowest BCUT2D eigenvalue weighted by Crippen LogP contribution is -2.32. The van der Waals surface area contributed by atoms with E-state index in [0.29, 0.717) is 12.1 Å². The Kier molecular flexibility index (Phi) is 13.8. The summed E-state index contributed by atoms with van der Waals surface area (Å²) >= 11 is 0. The SMILES string of the molecule is CCCCCCCCCCCCCCCC(=O)Cc1ccn(C2O[C@H](CO)[C@@H](O)[C@@H]2C#N)c(=O)n1. The van der Waals surface area contributed by atoms with Crippen LogP contribution in [0.15, 0.2) is 17.1 Å². The average Bonchev–Trinajstić information content (AvgIpc) is 3.17. The smallest absolute Gasteiger partial charge is 0.349 e. The maximum absolute atomic E-state index is 12.5. The molecule has 196 valence electrons. The van der Waals surface area contributed by atoms with Crippen LogP contribution < -0.4 is 5.69 Å². The molecule has 2 N–H and O–H groups in total. The van der Waals surface area contributed by atoms with E-state index in [9.17, 15) is 25.1 Å². The lowest BCUT2D eigenvalue weighted by molar-refractivity contribution is -0.118. The normalized spacial score (nSPS) is 21.8. The topological polar surface area (TPSA) is 125 Å². The molecule has 1 aliphatic heterocycles. The maximum atomic E-state index is 12.5. The number of Topliss-reactive ketones (excluding diaryl/α,β-unsaturated/α-hetero) is 1. The van der Waals surface area contributed by atoms with E-state index in [1.54, 1.807) is 6.07 Å². The van der Waals surface area contributed by atoms with Gasteiger partial charge in [-0.1, -0.05) is 84.0 Å². The third kappa shape index (κ3) is 9.83. The Balaban J connectivity index is 1.62. The first-order valence-electron chi connectivity index (χ1n) is 13.5. The van der Waals surface area contributed by atoms with E-state index in [4.69, 9.17) is 4.74 Å². The van der Waals surface area contributed by atoms with Gasteiger partial charge >= 0.3 is 5.69 Å². The van der Waals surface area contributed by atoms with Gasteiger partial charge in [-0.2, -0.15) is 10.2 Å². The number of unbranched alkanes of at least 4 members (excludes halogenated alkanes) is 12. The van der Waals surface area contributed by atoms with E-state index in [2.05, 4.69) is 11.9 Å². The molecule has 0 aromatic carbocycles. The summed E-state index contributed by atoms with van der Waals surface area (Å²) in [5.74, 6) is -0.935. The number of aromatic nitrogens is 2. The van der Waals surface area contributed by atoms with E-state index in [1.807, 2.05) is 6.07 Å². The number of ether oxygens (including phenoxy) is 1. The molecule has 8 heteroatoms. The summed E-state index contributed by atoms with van der Waals surface area (Å²) in [6.45, 7) is 1.79. The molecule has 1 fully saturated rings. The summed E-state index contributed by atoms with van der Waals surface area (Å²) in [7, 11) is 0. The Hall–Kier alpha value is -2.08. The zero-order chi connectivity index (χ0) is 25.5. The van der Waals surface area contributed by atoms with Crippen molar-refractivity contribution in [2.45, 2.75) is 122 Å². The van der Waals surface area contributed by atoms with Gasteiger partial charge in [0.25, 0.3) is 0 Å². The second kappa shape index (κ2) is 16.6. The second-order valence-corrected chi connectivity index (χ2v) is 9.71. The molecule has 1 aliphatic rings. The summed E-state index contributed by atoms with van der Waals surface area (Å²) in [6, 6.07) is 3.50. The number of hydrogen-bond acceptors (Lipinski definition) is 7. The largest absolute Gasteiger partial charge is 0.394 e. The number of aliphatic hydroxyl groups excluding tert-OH is 2. The molecule has 35 heavy (non-hydrogen) atoms. The molecule has 0 saturated carbocycles. The standard InChI is InChI=1S/C27H43N3O5/c1-2-3-4-5-6-7-8-9-10-11-12-13-14-15-22(32)18-21-16-17-30(27(34)29-21)26-23(19-28)25(33)24(20-31)35-26/h16-17,23-26,31,33H,2-15,18,20H2,1H3/t23-,24+,25-,26?/m0/s1. The van der Waals surface area contributed by atoms with Crippen LogP contribution in [0.4, 0.5) is 0 Å². The number of nitriles is 1. The number of rotatable bonds is 18. The monoisotopic (exact) mass is 489 g/mol. The number of aliphatic hydroxyl groups is 2. The first-order valence-corrected chi connectivity index (χ1v) is 13.5. The van der Waals surface area contributed by atoms with Crippen LogP contribution in [0.2, 0.25) is 0 Å². The molecule has 2 heterocycles. The van der Waals surface area contributed by atoms with Gasteiger partial charge in [0.05, 0.1) is 18.4 Å². The van der Waals surface area contributed by atoms with Crippen molar-refractivity contribution in [3.05, 3.63) is 28.4 Å². The highest BCUT2D eigenvalue weighted by molar-refractivity contribution is 5.80. The van der Waals surface area contributed by atoms with E-state index in [0.717, 1.165) is 23.8 Å².